The van der Waals surface area contributed by atoms with Gasteiger partial charge in [-0.3, -0.25) is 0 Å². The predicted octanol–water partition coefficient (Wildman–Crippen LogP) is -0.430. The van der Waals surface area contributed by atoms with Gasteiger partial charge in [0.25, 0.3) is 0 Å². The van der Waals surface area contributed by atoms with Crippen LogP contribution in [0.1, 0.15) is 0 Å². The van der Waals surface area contributed by atoms with E-state index in [1.54, 1.807) is 6.21 Å². The van der Waals surface area contributed by atoms with Gasteiger partial charge in [0.2, 0.25) is 0 Å². The first-order valence-corrected chi connectivity index (χ1v) is 3.00. The lowest BCUT2D eigenvalue weighted by Gasteiger charge is -2.24. The number of rotatable bonds is 0. The summed E-state index contributed by atoms with van der Waals surface area (Å²) in [6, 6.07) is 0. The molecule has 0 aromatic heterocycles. The van der Waals surface area contributed by atoms with E-state index in [1.165, 1.54) is 0 Å². The van der Waals surface area contributed by atoms with Crippen molar-refractivity contribution in [3.05, 3.63) is 0 Å². The highest BCUT2D eigenvalue weighted by Crippen LogP contribution is 2.18. The highest BCUT2D eigenvalue weighted by atomic mass is 16.8. The minimum absolute atomic E-state index is 0.514. The molecule has 2 rings (SSSR count). The molecule has 4 nitrogen and oxygen atoms in total. The van der Waals surface area contributed by atoms with Gasteiger partial charge < -0.3 is 18.9 Å². The van der Waals surface area contributed by atoms with Crippen LogP contribution in [0.4, 0.5) is 0 Å². The zero-order valence-electron chi connectivity index (χ0n) is 4.95. The van der Waals surface area contributed by atoms with Crippen LogP contribution in [0.2, 0.25) is 0 Å². The van der Waals surface area contributed by atoms with Gasteiger partial charge >= 0.3 is 6.89 Å². The normalized spacial score (nSPS) is 30.2. The Bertz CT molecular complexity index is 143. The lowest BCUT2D eigenvalue weighted by molar-refractivity contribution is 0.176. The topological polar surface area (TPSA) is 40.0 Å². The summed E-state index contributed by atoms with van der Waals surface area (Å²) in [6.45, 7) is 0.0503. The minimum Gasteiger partial charge on any atom is -0.522 e. The molecule has 0 aromatic carbocycles. The van der Waals surface area contributed by atoms with Crippen LogP contribution in [0.25, 0.3) is 0 Å². The lowest BCUT2D eigenvalue weighted by Crippen LogP contribution is -2.35. The Morgan fingerprint density at radius 1 is 1.22 bits per heavy atom. The highest BCUT2D eigenvalue weighted by Gasteiger charge is 2.35. The van der Waals surface area contributed by atoms with Crippen LogP contribution in [-0.2, 0) is 14.0 Å². The molecule has 0 saturated carbocycles. The highest BCUT2D eigenvalue weighted by molar-refractivity contribution is 6.61. The van der Waals surface area contributed by atoms with Crippen molar-refractivity contribution in [3.8, 4) is 0 Å². The SMILES string of the molecule is C1=N[B-]2(OC1)OCCO2. The second kappa shape index (κ2) is 1.80. The largest absolute Gasteiger partial charge is 0.522 e. The van der Waals surface area contributed by atoms with E-state index >= 15 is 0 Å². The van der Waals surface area contributed by atoms with Gasteiger partial charge in [-0.15, -0.1) is 0 Å². The number of hydrogen-bond donors (Lipinski definition) is 0. The molecule has 9 heavy (non-hydrogen) atoms. The maximum Gasteiger partial charge on any atom is 0.509 e. The van der Waals surface area contributed by atoms with E-state index in [4.69, 9.17) is 14.0 Å². The van der Waals surface area contributed by atoms with E-state index in [0.29, 0.717) is 19.8 Å². The maximum atomic E-state index is 5.12. The van der Waals surface area contributed by atoms with Crippen molar-refractivity contribution in [1.29, 1.82) is 0 Å². The van der Waals surface area contributed by atoms with Gasteiger partial charge in [-0.1, -0.05) is 0 Å². The molecular weight excluding hydrogens is 121 g/mol. The van der Waals surface area contributed by atoms with Gasteiger partial charge in [0.1, 0.15) is 0 Å². The van der Waals surface area contributed by atoms with Crippen molar-refractivity contribution in [3.63, 3.8) is 0 Å². The Morgan fingerprint density at radius 3 is 2.56 bits per heavy atom. The van der Waals surface area contributed by atoms with E-state index in [0.717, 1.165) is 0 Å². The third-order valence-electron chi connectivity index (χ3n) is 1.41. The molecule has 2 aliphatic heterocycles. The fourth-order valence-corrected chi connectivity index (χ4v) is 1.00. The summed E-state index contributed by atoms with van der Waals surface area (Å²) in [6.07, 6.45) is 1.67. The molecule has 0 N–H and O–H groups in total. The molecule has 1 spiro atoms. The monoisotopic (exact) mass is 128 g/mol. The molecule has 0 unspecified atom stereocenters. The average Bonchev–Trinajstić information content (AvgIpc) is 2.45. The molecule has 0 aromatic rings. The summed E-state index contributed by atoms with van der Waals surface area (Å²) in [5.41, 5.74) is 0. The summed E-state index contributed by atoms with van der Waals surface area (Å²) in [5, 5.41) is 0. The van der Waals surface area contributed by atoms with Crippen LogP contribution >= 0.6 is 0 Å². The van der Waals surface area contributed by atoms with Crippen molar-refractivity contribution in [2.75, 3.05) is 19.8 Å². The summed E-state index contributed by atoms with van der Waals surface area (Å²) in [5.74, 6) is 0. The lowest BCUT2D eigenvalue weighted by atomic mass is 10.0. The fraction of sp³-hybridized carbons (Fsp3) is 0.750. The Morgan fingerprint density at radius 2 is 2.00 bits per heavy atom. The van der Waals surface area contributed by atoms with E-state index in [-0.39, 0.29) is 0 Å². The molecule has 0 radical (unpaired) electrons. The third kappa shape index (κ3) is 0.774. The standard InChI is InChI=1S/C4H7BNO3/c1-2-7-5(6-1)8-3-4-9-5/h1H,2-4H2/q-1. The van der Waals surface area contributed by atoms with E-state index in [1.807, 2.05) is 0 Å². The fourth-order valence-electron chi connectivity index (χ4n) is 1.00. The van der Waals surface area contributed by atoms with E-state index in [9.17, 15) is 0 Å². The summed E-state index contributed by atoms with van der Waals surface area (Å²) < 4.78 is 15.3. The molecule has 0 amide bonds. The molecule has 0 bridgehead atoms. The van der Waals surface area contributed by atoms with Gasteiger partial charge in [-0.2, -0.15) is 0 Å². The second-order valence-corrected chi connectivity index (χ2v) is 2.01. The van der Waals surface area contributed by atoms with E-state index < -0.39 is 6.89 Å². The molecule has 1 fully saturated rings. The van der Waals surface area contributed by atoms with Crippen molar-refractivity contribution in [1.82, 2.24) is 0 Å². The van der Waals surface area contributed by atoms with Crippen LogP contribution in [0.3, 0.4) is 0 Å². The molecule has 2 heterocycles. The number of nitrogens with zero attached hydrogens (tertiary/aromatic N) is 1. The van der Waals surface area contributed by atoms with Gasteiger partial charge in [0, 0.05) is 19.8 Å². The van der Waals surface area contributed by atoms with Crippen LogP contribution in [0.15, 0.2) is 4.90 Å². The van der Waals surface area contributed by atoms with Gasteiger partial charge in [-0.05, 0) is 6.21 Å². The smallest absolute Gasteiger partial charge is 0.509 e. The molecule has 50 valence electrons. The van der Waals surface area contributed by atoms with Crippen molar-refractivity contribution < 1.29 is 14.0 Å². The van der Waals surface area contributed by atoms with Crippen molar-refractivity contribution >= 4 is 13.1 Å². The Hall–Kier alpha value is -0.385. The van der Waals surface area contributed by atoms with Crippen LogP contribution in [0, 0.1) is 0 Å². The third-order valence-corrected chi connectivity index (χ3v) is 1.41. The van der Waals surface area contributed by atoms with Crippen LogP contribution in [-0.4, -0.2) is 32.9 Å². The second-order valence-electron chi connectivity index (χ2n) is 2.01. The van der Waals surface area contributed by atoms with Crippen LogP contribution < -0.4 is 0 Å². The molecular formula is C4H7BNO3-. The van der Waals surface area contributed by atoms with E-state index in [2.05, 4.69) is 4.90 Å². The zero-order chi connectivity index (χ0) is 6.16. The zero-order valence-corrected chi connectivity index (χ0v) is 4.95. The Labute approximate surface area is 52.8 Å². The predicted molar refractivity (Wildman–Crippen MR) is 32.1 cm³/mol. The van der Waals surface area contributed by atoms with Gasteiger partial charge in [0.05, 0.1) is 0 Å². The van der Waals surface area contributed by atoms with Gasteiger partial charge in [0.15, 0.2) is 0 Å². The molecule has 0 aliphatic carbocycles. The first kappa shape index (κ1) is 5.40. The molecule has 0 atom stereocenters. The maximum absolute atomic E-state index is 5.12. The molecule has 5 heteroatoms. The number of hydrogen-bond acceptors (Lipinski definition) is 4. The Balaban J connectivity index is 2.13. The van der Waals surface area contributed by atoms with Gasteiger partial charge in [-0.25, -0.2) is 0 Å². The van der Waals surface area contributed by atoms with Crippen molar-refractivity contribution in [2.45, 2.75) is 0 Å². The van der Waals surface area contributed by atoms with Crippen molar-refractivity contribution in [2.24, 2.45) is 4.90 Å². The average molecular weight is 128 g/mol. The summed E-state index contributed by atoms with van der Waals surface area (Å²) in [4.78, 5) is 3.94. The quantitative estimate of drug-likeness (QED) is 0.415. The summed E-state index contributed by atoms with van der Waals surface area (Å²) in [7, 11) is 0. The van der Waals surface area contributed by atoms with Crippen LogP contribution in [0.5, 0.6) is 0 Å². The Kier molecular flexibility index (Phi) is 1.08. The molecule has 2 aliphatic rings. The first-order chi connectivity index (χ1) is 4.41. The summed E-state index contributed by atoms with van der Waals surface area (Å²) >= 11 is 0. The minimum atomic E-state index is -1.65. The molecule has 1 saturated heterocycles. The first-order valence-electron chi connectivity index (χ1n) is 3.00.